The summed E-state index contributed by atoms with van der Waals surface area (Å²) in [7, 11) is 0. The fourth-order valence-electron chi connectivity index (χ4n) is 3.26. The largest absolute Gasteiger partial charge is 0.408 e. The van der Waals surface area contributed by atoms with Crippen molar-refractivity contribution in [1.29, 1.82) is 0 Å². The number of aromatic amines is 1. The number of imidazole rings is 1. The lowest BCUT2D eigenvalue weighted by Crippen LogP contribution is -2.20. The van der Waals surface area contributed by atoms with Crippen LogP contribution in [0.1, 0.15) is 30.4 Å². The topological polar surface area (TPSA) is 68.6 Å². The monoisotopic (exact) mass is 365 g/mol. The predicted octanol–water partition coefficient (Wildman–Crippen LogP) is 3.59. The van der Waals surface area contributed by atoms with Crippen molar-refractivity contribution in [1.82, 2.24) is 24.7 Å². The summed E-state index contributed by atoms with van der Waals surface area (Å²) in [6, 6.07) is 5.27. The van der Waals surface area contributed by atoms with E-state index in [0.717, 1.165) is 21.5 Å². The molecule has 1 N–H and O–H groups in total. The van der Waals surface area contributed by atoms with Crippen LogP contribution in [0, 0.1) is 6.92 Å². The first-order chi connectivity index (χ1) is 12.4. The Labute approximate surface area is 147 Å². The van der Waals surface area contributed by atoms with Crippen molar-refractivity contribution in [3.63, 3.8) is 0 Å². The quantitative estimate of drug-likeness (QED) is 0.770. The van der Waals surface area contributed by atoms with Gasteiger partial charge in [-0.3, -0.25) is 0 Å². The fraction of sp³-hybridized carbons (Fsp3) is 0.471. The molecule has 0 bridgehead atoms. The number of hydrogen-bond acceptors (Lipinski definition) is 4. The molecule has 3 aromatic rings. The molecule has 1 aromatic carbocycles. The number of ether oxygens (including phenoxy) is 1. The van der Waals surface area contributed by atoms with Crippen molar-refractivity contribution in [2.24, 2.45) is 0 Å². The molecule has 0 amide bonds. The molecule has 1 fully saturated rings. The van der Waals surface area contributed by atoms with Gasteiger partial charge >= 0.3 is 6.18 Å². The van der Waals surface area contributed by atoms with E-state index in [0.29, 0.717) is 37.4 Å². The van der Waals surface area contributed by atoms with Crippen LogP contribution in [0.2, 0.25) is 0 Å². The number of nitrogens with zero attached hydrogens (tertiary/aromatic N) is 4. The van der Waals surface area contributed by atoms with Crippen LogP contribution in [-0.2, 0) is 11.3 Å². The predicted molar refractivity (Wildman–Crippen MR) is 88.7 cm³/mol. The number of aromatic nitrogens is 5. The Morgan fingerprint density at radius 1 is 1.23 bits per heavy atom. The van der Waals surface area contributed by atoms with Gasteiger partial charge in [-0.1, -0.05) is 0 Å². The van der Waals surface area contributed by atoms with Crippen molar-refractivity contribution in [3.8, 4) is 11.4 Å². The first-order valence-corrected chi connectivity index (χ1v) is 8.45. The lowest BCUT2D eigenvalue weighted by molar-refractivity contribution is -0.142. The maximum absolute atomic E-state index is 13.0. The van der Waals surface area contributed by atoms with Crippen LogP contribution in [0.25, 0.3) is 22.4 Å². The highest BCUT2D eigenvalue weighted by atomic mass is 19.4. The number of halogens is 3. The average molecular weight is 365 g/mol. The summed E-state index contributed by atoms with van der Waals surface area (Å²) in [4.78, 5) is 11.9. The molecule has 0 aliphatic carbocycles. The highest BCUT2D eigenvalue weighted by molar-refractivity contribution is 5.80. The molecule has 0 radical (unpaired) electrons. The van der Waals surface area contributed by atoms with Crippen molar-refractivity contribution in [2.75, 3.05) is 13.2 Å². The maximum atomic E-state index is 13.0. The molecule has 1 aliphatic heterocycles. The van der Waals surface area contributed by atoms with E-state index in [1.807, 2.05) is 6.92 Å². The van der Waals surface area contributed by atoms with E-state index in [2.05, 4.69) is 20.1 Å². The summed E-state index contributed by atoms with van der Waals surface area (Å²) < 4.78 is 45.3. The zero-order chi connectivity index (χ0) is 18.3. The number of benzene rings is 1. The average Bonchev–Trinajstić information content (AvgIpc) is 3.16. The molecule has 0 unspecified atom stereocenters. The summed E-state index contributed by atoms with van der Waals surface area (Å²) in [6.07, 6.45) is -2.94. The molecule has 0 saturated carbocycles. The van der Waals surface area contributed by atoms with Gasteiger partial charge in [0.15, 0.2) is 11.6 Å². The zero-order valence-corrected chi connectivity index (χ0v) is 14.2. The van der Waals surface area contributed by atoms with Crippen LogP contribution in [0.4, 0.5) is 13.2 Å². The second-order valence-electron chi connectivity index (χ2n) is 6.51. The number of fused-ring (bicyclic) bond motifs is 1. The molecular formula is C17H18F3N5O. The highest BCUT2D eigenvalue weighted by Gasteiger charge is 2.32. The van der Waals surface area contributed by atoms with Gasteiger partial charge in [-0.2, -0.15) is 18.3 Å². The van der Waals surface area contributed by atoms with Crippen molar-refractivity contribution in [3.05, 3.63) is 29.8 Å². The summed E-state index contributed by atoms with van der Waals surface area (Å²) in [5, 5.41) is 4.19. The van der Waals surface area contributed by atoms with Crippen molar-refractivity contribution < 1.29 is 17.9 Å². The second kappa shape index (κ2) is 6.39. The number of nitrogens with one attached hydrogen (secondary N) is 1. The maximum Gasteiger partial charge on any atom is 0.408 e. The molecule has 2 aromatic heterocycles. The third kappa shape index (κ3) is 3.44. The van der Waals surface area contributed by atoms with Gasteiger partial charge in [0, 0.05) is 24.7 Å². The molecule has 138 valence electrons. The molecule has 1 saturated heterocycles. The summed E-state index contributed by atoms with van der Waals surface area (Å²) in [5.74, 6) is 1.44. The Hall–Kier alpha value is -2.42. The van der Waals surface area contributed by atoms with Gasteiger partial charge in [0.25, 0.3) is 0 Å². The number of alkyl halides is 3. The molecule has 6 nitrogen and oxygen atoms in total. The van der Waals surface area contributed by atoms with E-state index in [9.17, 15) is 13.2 Å². The first-order valence-electron chi connectivity index (χ1n) is 8.45. The molecule has 4 rings (SSSR count). The number of H-pyrrole nitrogens is 1. The van der Waals surface area contributed by atoms with Gasteiger partial charge in [0.2, 0.25) is 0 Å². The molecule has 9 heteroatoms. The Balaban J connectivity index is 1.77. The minimum atomic E-state index is -4.37. The molecular weight excluding hydrogens is 347 g/mol. The van der Waals surface area contributed by atoms with Crippen molar-refractivity contribution in [2.45, 2.75) is 38.4 Å². The van der Waals surface area contributed by atoms with Crippen LogP contribution in [0.3, 0.4) is 0 Å². The Morgan fingerprint density at radius 2 is 2.00 bits per heavy atom. The smallest absolute Gasteiger partial charge is 0.381 e. The molecule has 0 atom stereocenters. The lowest BCUT2D eigenvalue weighted by Gasteiger charge is -2.18. The van der Waals surface area contributed by atoms with E-state index in [1.54, 1.807) is 18.2 Å². The van der Waals surface area contributed by atoms with Crippen LogP contribution < -0.4 is 0 Å². The Bertz CT molecular complexity index is 924. The fourth-order valence-corrected chi connectivity index (χ4v) is 3.26. The molecule has 0 spiro atoms. The van der Waals surface area contributed by atoms with Crippen LogP contribution in [0.5, 0.6) is 0 Å². The Kier molecular flexibility index (Phi) is 4.18. The van der Waals surface area contributed by atoms with Gasteiger partial charge < -0.3 is 9.72 Å². The highest BCUT2D eigenvalue weighted by Crippen LogP contribution is 2.30. The SMILES string of the molecule is Cc1nc2ccc(-c3nc(C4CCOCC4)nn3CC(F)(F)F)cc2[nH]1. The van der Waals surface area contributed by atoms with Gasteiger partial charge in [-0.15, -0.1) is 0 Å². The van der Waals surface area contributed by atoms with Crippen molar-refractivity contribution >= 4 is 11.0 Å². The van der Waals surface area contributed by atoms with Gasteiger partial charge in [-0.05, 0) is 38.0 Å². The number of hydrogen-bond donors (Lipinski definition) is 1. The summed E-state index contributed by atoms with van der Waals surface area (Å²) in [5.41, 5.74) is 2.10. The van der Waals surface area contributed by atoms with E-state index in [4.69, 9.17) is 4.74 Å². The zero-order valence-electron chi connectivity index (χ0n) is 14.2. The van der Waals surface area contributed by atoms with E-state index < -0.39 is 12.7 Å². The molecule has 1 aliphatic rings. The van der Waals surface area contributed by atoms with Crippen LogP contribution in [-0.4, -0.2) is 44.1 Å². The Morgan fingerprint density at radius 3 is 2.73 bits per heavy atom. The van der Waals surface area contributed by atoms with Crippen LogP contribution >= 0.6 is 0 Å². The lowest BCUT2D eigenvalue weighted by atomic mass is 10.00. The van der Waals surface area contributed by atoms with Gasteiger partial charge in [-0.25, -0.2) is 14.6 Å². The van der Waals surface area contributed by atoms with E-state index >= 15 is 0 Å². The van der Waals surface area contributed by atoms with E-state index in [1.165, 1.54) is 0 Å². The third-order valence-corrected chi connectivity index (χ3v) is 4.46. The minimum absolute atomic E-state index is 0.0233. The van der Waals surface area contributed by atoms with E-state index in [-0.39, 0.29) is 11.7 Å². The second-order valence-corrected chi connectivity index (χ2v) is 6.51. The molecule has 3 heterocycles. The third-order valence-electron chi connectivity index (χ3n) is 4.46. The standard InChI is InChI=1S/C17H18F3N5O/c1-10-21-13-3-2-12(8-14(13)22-10)16-23-15(11-4-6-26-7-5-11)24-25(16)9-17(18,19)20/h2-3,8,11H,4-7,9H2,1H3,(H,21,22). The normalized spacial score (nSPS) is 16.5. The summed E-state index contributed by atoms with van der Waals surface area (Å²) >= 11 is 0. The van der Waals surface area contributed by atoms with Crippen LogP contribution in [0.15, 0.2) is 18.2 Å². The van der Waals surface area contributed by atoms with Gasteiger partial charge in [0.05, 0.1) is 11.0 Å². The first kappa shape index (κ1) is 17.0. The number of aryl methyl sites for hydroxylation is 1. The number of rotatable bonds is 3. The summed E-state index contributed by atoms with van der Waals surface area (Å²) in [6.45, 7) is 1.81. The molecule has 26 heavy (non-hydrogen) atoms. The van der Waals surface area contributed by atoms with Gasteiger partial charge in [0.1, 0.15) is 12.4 Å². The minimum Gasteiger partial charge on any atom is -0.381 e.